The topological polar surface area (TPSA) is 16.4 Å². The first-order valence-corrected chi connectivity index (χ1v) is 21.7. The highest BCUT2D eigenvalue weighted by atomic mass is 16.3. The van der Waals surface area contributed by atoms with E-state index in [9.17, 15) is 0 Å². The van der Waals surface area contributed by atoms with Crippen molar-refractivity contribution in [2.75, 3.05) is 4.90 Å². The van der Waals surface area contributed by atoms with Gasteiger partial charge in [0, 0.05) is 33.4 Å². The molecular formula is C61H41NO. The lowest BCUT2D eigenvalue weighted by Gasteiger charge is -2.34. The summed E-state index contributed by atoms with van der Waals surface area (Å²) in [7, 11) is 0. The molecule has 12 rings (SSSR count). The van der Waals surface area contributed by atoms with Crippen molar-refractivity contribution in [3.63, 3.8) is 0 Å². The molecule has 63 heavy (non-hydrogen) atoms. The van der Waals surface area contributed by atoms with Gasteiger partial charge in [-0.05, 0) is 104 Å². The van der Waals surface area contributed by atoms with E-state index in [1.54, 1.807) is 0 Å². The van der Waals surface area contributed by atoms with Crippen LogP contribution in [0.1, 0.15) is 22.3 Å². The van der Waals surface area contributed by atoms with Crippen LogP contribution in [-0.2, 0) is 5.41 Å². The molecule has 0 N–H and O–H groups in total. The maximum Gasteiger partial charge on any atom is 0.143 e. The maximum atomic E-state index is 6.42. The molecule has 1 heterocycles. The molecule has 0 unspecified atom stereocenters. The van der Waals surface area contributed by atoms with Gasteiger partial charge in [-0.15, -0.1) is 0 Å². The van der Waals surface area contributed by atoms with Crippen molar-refractivity contribution in [3.05, 3.63) is 271 Å². The average Bonchev–Trinajstić information content (AvgIpc) is 3.90. The smallest absolute Gasteiger partial charge is 0.143 e. The Bertz CT molecular complexity index is 3360. The molecule has 1 aliphatic rings. The zero-order valence-corrected chi connectivity index (χ0v) is 34.5. The highest BCUT2D eigenvalue weighted by molar-refractivity contribution is 6.09. The third-order valence-corrected chi connectivity index (χ3v) is 13.0. The van der Waals surface area contributed by atoms with Crippen molar-refractivity contribution < 1.29 is 4.42 Å². The number of fused-ring (bicyclic) bond motifs is 6. The quantitative estimate of drug-likeness (QED) is 0.152. The molecule has 296 valence electrons. The van der Waals surface area contributed by atoms with E-state index in [0.29, 0.717) is 0 Å². The number of rotatable bonds is 8. The van der Waals surface area contributed by atoms with Gasteiger partial charge < -0.3 is 9.32 Å². The lowest BCUT2D eigenvalue weighted by atomic mass is 9.67. The van der Waals surface area contributed by atoms with Crippen molar-refractivity contribution in [2.45, 2.75) is 5.41 Å². The van der Waals surface area contributed by atoms with E-state index in [1.807, 2.05) is 12.1 Å². The zero-order valence-electron chi connectivity index (χ0n) is 34.5. The molecule has 10 aromatic carbocycles. The SMILES string of the molecule is c1ccc(-c2ccc(N(c3ccc(-c4ccc(C5(c6ccccc6)c6ccccc6-c6ccccc65)cc4)cc3)c3ccc(-c4cccc5c4oc4ccccc45)cc3)cc2)cc1. The fraction of sp³-hybridized carbons (Fsp3) is 0.0164. The fourth-order valence-corrected chi connectivity index (χ4v) is 10.1. The Hall–Kier alpha value is -8.20. The third kappa shape index (κ3) is 6.02. The highest BCUT2D eigenvalue weighted by Crippen LogP contribution is 2.56. The third-order valence-electron chi connectivity index (χ3n) is 13.0. The van der Waals surface area contributed by atoms with Crippen LogP contribution in [0.25, 0.3) is 66.4 Å². The van der Waals surface area contributed by atoms with Crippen LogP contribution in [-0.4, -0.2) is 0 Å². The van der Waals surface area contributed by atoms with E-state index < -0.39 is 5.41 Å². The number of hydrogen-bond donors (Lipinski definition) is 0. The summed E-state index contributed by atoms with van der Waals surface area (Å²) in [5.41, 5.74) is 19.4. The van der Waals surface area contributed by atoms with Crippen LogP contribution in [0.15, 0.2) is 253 Å². The standard InChI is InChI=1S/C61H41NO/c1-3-14-42(15-4-1)44-28-36-49(37-29-44)62(51-40-32-46(33-41-51)52-21-13-22-56-55-20-9-12-25-59(55)63-60(52)56)50-38-30-45(31-39-50)43-26-34-48(35-27-43)61(47-16-5-2-6-17-47)57-23-10-7-18-53(57)54-19-8-11-24-58(54)61/h1-41H. The Labute approximate surface area is 367 Å². The lowest BCUT2D eigenvalue weighted by molar-refractivity contribution is 0.670. The summed E-state index contributed by atoms with van der Waals surface area (Å²) in [5, 5.41) is 2.27. The lowest BCUT2D eigenvalue weighted by Crippen LogP contribution is -2.28. The molecule has 0 fully saturated rings. The molecule has 1 aromatic heterocycles. The Morgan fingerprint density at radius 2 is 0.698 bits per heavy atom. The van der Waals surface area contributed by atoms with E-state index in [2.05, 4.69) is 241 Å². The number of hydrogen-bond acceptors (Lipinski definition) is 2. The van der Waals surface area contributed by atoms with Crippen LogP contribution >= 0.6 is 0 Å². The minimum Gasteiger partial charge on any atom is -0.455 e. The molecule has 0 saturated heterocycles. The average molecular weight is 804 g/mol. The van der Waals surface area contributed by atoms with Gasteiger partial charge in [0.15, 0.2) is 0 Å². The van der Waals surface area contributed by atoms with E-state index in [4.69, 9.17) is 4.42 Å². The molecule has 1 aliphatic carbocycles. The first kappa shape index (κ1) is 36.6. The maximum absolute atomic E-state index is 6.42. The summed E-state index contributed by atoms with van der Waals surface area (Å²) in [6.45, 7) is 0. The van der Waals surface area contributed by atoms with E-state index in [1.165, 1.54) is 55.6 Å². The number of nitrogens with zero attached hydrogens (tertiary/aromatic N) is 1. The number of benzene rings is 10. The van der Waals surface area contributed by atoms with Crippen molar-refractivity contribution >= 4 is 39.0 Å². The van der Waals surface area contributed by atoms with Crippen molar-refractivity contribution in [1.29, 1.82) is 0 Å². The van der Waals surface area contributed by atoms with Gasteiger partial charge >= 0.3 is 0 Å². The van der Waals surface area contributed by atoms with Gasteiger partial charge in [0.25, 0.3) is 0 Å². The second kappa shape index (κ2) is 15.1. The Morgan fingerprint density at radius 1 is 0.286 bits per heavy atom. The Morgan fingerprint density at radius 3 is 1.29 bits per heavy atom. The fourth-order valence-electron chi connectivity index (χ4n) is 10.1. The summed E-state index contributed by atoms with van der Waals surface area (Å²) in [5.74, 6) is 0. The Balaban J connectivity index is 0.912. The molecule has 0 amide bonds. The van der Waals surface area contributed by atoms with Gasteiger partial charge in [0.1, 0.15) is 11.2 Å². The molecule has 0 radical (unpaired) electrons. The molecular weight excluding hydrogens is 763 g/mol. The van der Waals surface area contributed by atoms with Crippen LogP contribution in [0.5, 0.6) is 0 Å². The van der Waals surface area contributed by atoms with Crippen molar-refractivity contribution in [2.24, 2.45) is 0 Å². The Kier molecular flexibility index (Phi) is 8.76. The minimum absolute atomic E-state index is 0.415. The molecule has 2 heteroatoms. The second-order valence-corrected chi connectivity index (χ2v) is 16.4. The normalized spacial score (nSPS) is 12.6. The zero-order chi connectivity index (χ0) is 41.7. The summed E-state index contributed by atoms with van der Waals surface area (Å²) < 4.78 is 6.42. The van der Waals surface area contributed by atoms with Gasteiger partial charge in [-0.25, -0.2) is 0 Å². The van der Waals surface area contributed by atoms with E-state index >= 15 is 0 Å². The summed E-state index contributed by atoms with van der Waals surface area (Å²) >= 11 is 0. The van der Waals surface area contributed by atoms with Gasteiger partial charge in [-0.1, -0.05) is 206 Å². The summed E-state index contributed by atoms with van der Waals surface area (Å²) in [6.07, 6.45) is 0. The minimum atomic E-state index is -0.415. The van der Waals surface area contributed by atoms with Gasteiger partial charge in [-0.3, -0.25) is 0 Å². The first-order valence-electron chi connectivity index (χ1n) is 21.7. The van der Waals surface area contributed by atoms with Crippen LogP contribution in [0, 0.1) is 0 Å². The molecule has 11 aromatic rings. The second-order valence-electron chi connectivity index (χ2n) is 16.4. The van der Waals surface area contributed by atoms with Crippen LogP contribution in [0.4, 0.5) is 17.1 Å². The van der Waals surface area contributed by atoms with Gasteiger partial charge in [-0.2, -0.15) is 0 Å². The van der Waals surface area contributed by atoms with Crippen molar-refractivity contribution in [1.82, 2.24) is 0 Å². The number of furan rings is 1. The first-order chi connectivity index (χ1) is 31.2. The molecule has 0 atom stereocenters. The molecule has 0 spiro atoms. The van der Waals surface area contributed by atoms with Crippen LogP contribution in [0.2, 0.25) is 0 Å². The monoisotopic (exact) mass is 803 g/mol. The number of anilines is 3. The molecule has 0 saturated carbocycles. The van der Waals surface area contributed by atoms with E-state index in [0.717, 1.165) is 50.1 Å². The molecule has 2 nitrogen and oxygen atoms in total. The summed E-state index contributed by atoms with van der Waals surface area (Å²) in [6, 6.07) is 90.0. The van der Waals surface area contributed by atoms with Crippen molar-refractivity contribution in [3.8, 4) is 44.5 Å². The largest absolute Gasteiger partial charge is 0.455 e. The van der Waals surface area contributed by atoms with Gasteiger partial charge in [0.2, 0.25) is 0 Å². The highest BCUT2D eigenvalue weighted by Gasteiger charge is 2.45. The number of para-hydroxylation sites is 2. The molecule has 0 bridgehead atoms. The van der Waals surface area contributed by atoms with Gasteiger partial charge in [0.05, 0.1) is 5.41 Å². The predicted octanol–water partition coefficient (Wildman–Crippen LogP) is 16.4. The van der Waals surface area contributed by atoms with Crippen LogP contribution in [0.3, 0.4) is 0 Å². The molecule has 0 aliphatic heterocycles. The predicted molar refractivity (Wildman–Crippen MR) is 262 cm³/mol. The summed E-state index contributed by atoms with van der Waals surface area (Å²) in [4.78, 5) is 2.34. The van der Waals surface area contributed by atoms with E-state index in [-0.39, 0.29) is 0 Å². The van der Waals surface area contributed by atoms with Crippen LogP contribution < -0.4 is 4.90 Å².